The van der Waals surface area contributed by atoms with E-state index in [1.54, 1.807) is 0 Å². The van der Waals surface area contributed by atoms with Gasteiger partial charge in [-0.15, -0.1) is 0 Å². The summed E-state index contributed by atoms with van der Waals surface area (Å²) in [5.41, 5.74) is 2.22. The van der Waals surface area contributed by atoms with Crippen LogP contribution in [0.1, 0.15) is 44.7 Å². The van der Waals surface area contributed by atoms with Crippen LogP contribution < -0.4 is 10.1 Å². The van der Waals surface area contributed by atoms with Gasteiger partial charge in [-0.2, -0.15) is 0 Å². The van der Waals surface area contributed by atoms with Gasteiger partial charge >= 0.3 is 5.97 Å². The summed E-state index contributed by atoms with van der Waals surface area (Å²) in [7, 11) is 1.41. The predicted molar refractivity (Wildman–Crippen MR) is 90.7 cm³/mol. The lowest BCUT2D eigenvalue weighted by molar-refractivity contribution is -0.151. The van der Waals surface area contributed by atoms with E-state index in [9.17, 15) is 9.59 Å². The van der Waals surface area contributed by atoms with E-state index >= 15 is 0 Å². The number of anilines is 1. The molecule has 1 aromatic carbocycles. The van der Waals surface area contributed by atoms with Crippen LogP contribution in [0.2, 0.25) is 0 Å². The second-order valence-corrected chi connectivity index (χ2v) is 6.44. The summed E-state index contributed by atoms with van der Waals surface area (Å²) in [6.07, 6.45) is 1.45. The molecule has 0 heterocycles. The molecule has 0 aromatic heterocycles. The molecule has 0 radical (unpaired) electrons. The number of aryl methyl sites for hydroxylation is 2. The molecule has 0 aliphatic rings. The van der Waals surface area contributed by atoms with Crippen molar-refractivity contribution < 1.29 is 19.1 Å². The minimum atomic E-state index is -0.502. The van der Waals surface area contributed by atoms with E-state index in [4.69, 9.17) is 9.47 Å². The van der Waals surface area contributed by atoms with Crippen molar-refractivity contribution in [3.8, 4) is 5.75 Å². The summed E-state index contributed by atoms with van der Waals surface area (Å²) >= 11 is 0. The molecule has 0 fully saturated rings. The lowest BCUT2D eigenvalue weighted by atomic mass is 9.88. The van der Waals surface area contributed by atoms with Crippen LogP contribution >= 0.6 is 0 Å². The van der Waals surface area contributed by atoms with E-state index in [1.807, 2.05) is 39.8 Å². The molecule has 5 heteroatoms. The van der Waals surface area contributed by atoms with Gasteiger partial charge in [-0.3, -0.25) is 9.59 Å². The van der Waals surface area contributed by atoms with Crippen LogP contribution in [0, 0.1) is 19.3 Å². The van der Waals surface area contributed by atoms with Crippen molar-refractivity contribution in [2.24, 2.45) is 5.41 Å². The number of carbonyl (C=O) groups is 2. The van der Waals surface area contributed by atoms with E-state index in [1.165, 1.54) is 14.0 Å². The molecule has 0 bridgehead atoms. The van der Waals surface area contributed by atoms with Gasteiger partial charge in [-0.25, -0.2) is 0 Å². The van der Waals surface area contributed by atoms with Crippen molar-refractivity contribution in [3.05, 3.63) is 23.3 Å². The van der Waals surface area contributed by atoms with Crippen LogP contribution in [-0.2, 0) is 14.3 Å². The number of hydrogen-bond acceptors (Lipinski definition) is 4. The van der Waals surface area contributed by atoms with E-state index in [2.05, 4.69) is 5.32 Å². The summed E-state index contributed by atoms with van der Waals surface area (Å²) in [5, 5.41) is 2.80. The summed E-state index contributed by atoms with van der Waals surface area (Å²) in [6, 6.07) is 3.83. The highest BCUT2D eigenvalue weighted by Crippen LogP contribution is 2.28. The van der Waals surface area contributed by atoms with Gasteiger partial charge in [-0.1, -0.05) is 0 Å². The van der Waals surface area contributed by atoms with Gasteiger partial charge in [0.2, 0.25) is 5.91 Å². The van der Waals surface area contributed by atoms with Gasteiger partial charge < -0.3 is 14.8 Å². The number of carbonyl (C=O) groups excluding carboxylic acids is 2. The van der Waals surface area contributed by atoms with Gasteiger partial charge in [0.15, 0.2) is 0 Å². The van der Waals surface area contributed by atoms with Crippen molar-refractivity contribution in [1.82, 2.24) is 0 Å². The summed E-state index contributed by atoms with van der Waals surface area (Å²) < 4.78 is 10.6. The topological polar surface area (TPSA) is 64.6 Å². The minimum absolute atomic E-state index is 0.0915. The van der Waals surface area contributed by atoms with Gasteiger partial charge in [-0.05, 0) is 63.8 Å². The molecule has 0 unspecified atom stereocenters. The van der Waals surface area contributed by atoms with E-state index < -0.39 is 5.41 Å². The Kier molecular flexibility index (Phi) is 6.61. The van der Waals surface area contributed by atoms with Crippen molar-refractivity contribution >= 4 is 17.6 Å². The average Bonchev–Trinajstić information content (AvgIpc) is 2.46. The minimum Gasteiger partial charge on any atom is -0.493 e. The molecule has 128 valence electrons. The molecule has 0 saturated heterocycles. The molecular formula is C18H27NO4. The Hall–Kier alpha value is -2.04. The average molecular weight is 321 g/mol. The van der Waals surface area contributed by atoms with Crippen LogP contribution in [0.15, 0.2) is 12.1 Å². The van der Waals surface area contributed by atoms with Crippen molar-refractivity contribution in [2.75, 3.05) is 19.0 Å². The van der Waals surface area contributed by atoms with E-state index in [0.29, 0.717) is 13.0 Å². The molecule has 1 N–H and O–H groups in total. The van der Waals surface area contributed by atoms with Gasteiger partial charge in [0.05, 0.1) is 19.1 Å². The fourth-order valence-corrected chi connectivity index (χ4v) is 2.34. The molecule has 0 aliphatic heterocycles. The third-order valence-corrected chi connectivity index (χ3v) is 3.77. The maximum Gasteiger partial charge on any atom is 0.311 e. The molecule has 1 amide bonds. The second kappa shape index (κ2) is 7.99. The number of benzene rings is 1. The first-order valence-corrected chi connectivity index (χ1v) is 7.77. The predicted octanol–water partition coefficient (Wildman–Crippen LogP) is 3.62. The van der Waals surface area contributed by atoms with Crippen LogP contribution in [0.5, 0.6) is 5.75 Å². The van der Waals surface area contributed by atoms with Crippen molar-refractivity contribution in [1.29, 1.82) is 0 Å². The summed E-state index contributed by atoms with van der Waals surface area (Å²) in [4.78, 5) is 22.8. The smallest absolute Gasteiger partial charge is 0.311 e. The zero-order valence-electron chi connectivity index (χ0n) is 14.9. The zero-order valence-corrected chi connectivity index (χ0v) is 14.9. The number of rotatable bonds is 7. The first-order chi connectivity index (χ1) is 10.7. The Bertz CT molecular complexity index is 579. The van der Waals surface area contributed by atoms with E-state index in [0.717, 1.165) is 29.0 Å². The Balaban J connectivity index is 2.60. The first-order valence-electron chi connectivity index (χ1n) is 7.77. The normalized spacial score (nSPS) is 11.0. The molecule has 0 atom stereocenters. The van der Waals surface area contributed by atoms with Crippen molar-refractivity contribution in [2.45, 2.75) is 47.5 Å². The SMILES string of the molecule is COC(=O)C(C)(C)CCCOc1cc(C)c(NC(C)=O)cc1C. The Morgan fingerprint density at radius 2 is 1.83 bits per heavy atom. The fourth-order valence-electron chi connectivity index (χ4n) is 2.34. The third-order valence-electron chi connectivity index (χ3n) is 3.77. The number of hydrogen-bond donors (Lipinski definition) is 1. The number of nitrogens with one attached hydrogen (secondary N) is 1. The quantitative estimate of drug-likeness (QED) is 0.615. The van der Waals surface area contributed by atoms with Gasteiger partial charge in [0, 0.05) is 12.6 Å². The molecule has 1 rings (SSSR count). The maximum atomic E-state index is 11.6. The number of amides is 1. The Morgan fingerprint density at radius 1 is 1.17 bits per heavy atom. The zero-order chi connectivity index (χ0) is 17.6. The second-order valence-electron chi connectivity index (χ2n) is 6.44. The third kappa shape index (κ3) is 5.58. The fraction of sp³-hybridized carbons (Fsp3) is 0.556. The number of ether oxygens (including phenoxy) is 2. The van der Waals surface area contributed by atoms with Gasteiger partial charge in [0.1, 0.15) is 5.75 Å². The number of esters is 1. The van der Waals surface area contributed by atoms with Crippen LogP contribution in [0.4, 0.5) is 5.69 Å². The summed E-state index contributed by atoms with van der Waals surface area (Å²) in [5.74, 6) is 0.503. The van der Waals surface area contributed by atoms with Gasteiger partial charge in [0.25, 0.3) is 0 Å². The van der Waals surface area contributed by atoms with Crippen molar-refractivity contribution in [3.63, 3.8) is 0 Å². The highest BCUT2D eigenvalue weighted by molar-refractivity contribution is 5.89. The van der Waals surface area contributed by atoms with E-state index in [-0.39, 0.29) is 11.9 Å². The monoisotopic (exact) mass is 321 g/mol. The Morgan fingerprint density at radius 3 is 2.39 bits per heavy atom. The summed E-state index contributed by atoms with van der Waals surface area (Å²) in [6.45, 7) is 9.63. The maximum absolute atomic E-state index is 11.6. The molecule has 1 aromatic rings. The van der Waals surface area contributed by atoms with Crippen LogP contribution in [-0.4, -0.2) is 25.6 Å². The first kappa shape index (κ1) is 19.0. The highest BCUT2D eigenvalue weighted by atomic mass is 16.5. The molecule has 23 heavy (non-hydrogen) atoms. The number of methoxy groups -OCH3 is 1. The molecule has 0 aliphatic carbocycles. The Labute approximate surface area is 138 Å². The highest BCUT2D eigenvalue weighted by Gasteiger charge is 2.27. The molecule has 0 spiro atoms. The van der Waals surface area contributed by atoms with Crippen LogP contribution in [0.3, 0.4) is 0 Å². The van der Waals surface area contributed by atoms with Crippen LogP contribution in [0.25, 0.3) is 0 Å². The largest absolute Gasteiger partial charge is 0.493 e. The standard InChI is InChI=1S/C18H27NO4/c1-12-11-16(13(2)10-15(12)19-14(3)20)23-9-7-8-18(4,5)17(21)22-6/h10-11H,7-9H2,1-6H3,(H,19,20). The lowest BCUT2D eigenvalue weighted by Gasteiger charge is -2.21. The molecule has 0 saturated carbocycles. The molecular weight excluding hydrogens is 294 g/mol. The lowest BCUT2D eigenvalue weighted by Crippen LogP contribution is -2.26. The molecule has 5 nitrogen and oxygen atoms in total.